The molecule has 0 amide bonds. The van der Waals surface area contributed by atoms with Gasteiger partial charge in [-0.25, -0.2) is 0 Å². The predicted octanol–water partition coefficient (Wildman–Crippen LogP) is 2.99. The molecular formula is C15H18N2O. The number of benzene rings is 1. The molecule has 18 heavy (non-hydrogen) atoms. The van der Waals surface area contributed by atoms with Crippen LogP contribution in [0.1, 0.15) is 29.7 Å². The van der Waals surface area contributed by atoms with Gasteiger partial charge in [-0.2, -0.15) is 0 Å². The lowest BCUT2D eigenvalue weighted by molar-refractivity contribution is 0.304. The topological polar surface area (TPSA) is 48.1 Å². The molecule has 94 valence electrons. The summed E-state index contributed by atoms with van der Waals surface area (Å²) in [6.07, 6.45) is 3.54. The Morgan fingerprint density at radius 2 is 1.94 bits per heavy atom. The third kappa shape index (κ3) is 3.08. The van der Waals surface area contributed by atoms with Gasteiger partial charge in [-0.05, 0) is 48.7 Å². The molecule has 1 aromatic carbocycles. The van der Waals surface area contributed by atoms with Gasteiger partial charge in [0.05, 0.1) is 0 Å². The summed E-state index contributed by atoms with van der Waals surface area (Å²) in [5, 5.41) is 0. The smallest absolute Gasteiger partial charge is 0.122 e. The molecule has 0 fully saturated rings. The van der Waals surface area contributed by atoms with Crippen LogP contribution in [0, 0.1) is 6.92 Å². The van der Waals surface area contributed by atoms with Crippen LogP contribution in [0.3, 0.4) is 0 Å². The number of hydrogen-bond acceptors (Lipinski definition) is 3. The molecule has 0 aliphatic carbocycles. The van der Waals surface area contributed by atoms with Gasteiger partial charge in [0.15, 0.2) is 0 Å². The van der Waals surface area contributed by atoms with Gasteiger partial charge in [0, 0.05) is 18.4 Å². The maximum Gasteiger partial charge on any atom is 0.122 e. The normalized spacial score (nSPS) is 12.2. The van der Waals surface area contributed by atoms with Gasteiger partial charge in [-0.1, -0.05) is 12.1 Å². The van der Waals surface area contributed by atoms with Crippen molar-refractivity contribution in [3.8, 4) is 5.75 Å². The van der Waals surface area contributed by atoms with Crippen LogP contribution in [0.25, 0.3) is 0 Å². The fraction of sp³-hybridized carbons (Fsp3) is 0.267. The molecule has 2 N–H and O–H groups in total. The number of hydrogen-bond donors (Lipinski definition) is 1. The van der Waals surface area contributed by atoms with Gasteiger partial charge < -0.3 is 10.5 Å². The van der Waals surface area contributed by atoms with Gasteiger partial charge in [-0.15, -0.1) is 0 Å². The van der Waals surface area contributed by atoms with E-state index in [-0.39, 0.29) is 6.04 Å². The molecule has 2 rings (SSSR count). The molecule has 1 aromatic heterocycles. The third-order valence-electron chi connectivity index (χ3n) is 2.87. The number of aromatic nitrogens is 1. The number of aryl methyl sites for hydroxylation is 1. The number of nitrogens with zero attached hydrogens (tertiary/aromatic N) is 1. The highest BCUT2D eigenvalue weighted by Gasteiger charge is 2.04. The van der Waals surface area contributed by atoms with Crippen LogP contribution >= 0.6 is 0 Å². The summed E-state index contributed by atoms with van der Waals surface area (Å²) in [5.41, 5.74) is 9.20. The van der Waals surface area contributed by atoms with Crippen molar-refractivity contribution in [2.24, 2.45) is 5.73 Å². The molecule has 2 aromatic rings. The summed E-state index contributed by atoms with van der Waals surface area (Å²) in [6.45, 7) is 4.57. The maximum atomic E-state index is 5.85. The van der Waals surface area contributed by atoms with Crippen molar-refractivity contribution in [1.82, 2.24) is 4.98 Å². The van der Waals surface area contributed by atoms with E-state index < -0.39 is 0 Å². The van der Waals surface area contributed by atoms with E-state index >= 15 is 0 Å². The number of pyridine rings is 1. The number of ether oxygens (including phenoxy) is 1. The number of nitrogens with two attached hydrogens (primary N) is 1. The third-order valence-corrected chi connectivity index (χ3v) is 2.87. The summed E-state index contributed by atoms with van der Waals surface area (Å²) in [6, 6.07) is 10.0. The van der Waals surface area contributed by atoms with Crippen molar-refractivity contribution in [2.75, 3.05) is 0 Å². The summed E-state index contributed by atoms with van der Waals surface area (Å²) >= 11 is 0. The van der Waals surface area contributed by atoms with E-state index in [1.54, 1.807) is 12.4 Å². The largest absolute Gasteiger partial charge is 0.489 e. The fourth-order valence-corrected chi connectivity index (χ4v) is 1.76. The highest BCUT2D eigenvalue weighted by molar-refractivity contribution is 5.37. The Balaban J connectivity index is 2.06. The Bertz CT molecular complexity index is 509. The van der Waals surface area contributed by atoms with Crippen molar-refractivity contribution in [2.45, 2.75) is 26.5 Å². The zero-order chi connectivity index (χ0) is 13.0. The molecule has 3 heteroatoms. The molecule has 0 bridgehead atoms. The number of rotatable bonds is 4. The first kappa shape index (κ1) is 12.6. The van der Waals surface area contributed by atoms with E-state index in [0.29, 0.717) is 6.61 Å². The van der Waals surface area contributed by atoms with Crippen molar-refractivity contribution >= 4 is 0 Å². The van der Waals surface area contributed by atoms with Gasteiger partial charge in [-0.3, -0.25) is 4.98 Å². The van der Waals surface area contributed by atoms with E-state index in [1.807, 2.05) is 38.1 Å². The van der Waals surface area contributed by atoms with Crippen LogP contribution in [0.4, 0.5) is 0 Å². The van der Waals surface area contributed by atoms with Crippen LogP contribution < -0.4 is 10.5 Å². The van der Waals surface area contributed by atoms with Crippen LogP contribution in [0.2, 0.25) is 0 Å². The van der Waals surface area contributed by atoms with Crippen molar-refractivity contribution in [1.29, 1.82) is 0 Å². The van der Waals surface area contributed by atoms with Gasteiger partial charge in [0.1, 0.15) is 12.4 Å². The van der Waals surface area contributed by atoms with Crippen molar-refractivity contribution < 1.29 is 4.74 Å². The molecule has 0 radical (unpaired) electrons. The minimum absolute atomic E-state index is 0.0537. The lowest BCUT2D eigenvalue weighted by Gasteiger charge is -2.12. The zero-order valence-corrected chi connectivity index (χ0v) is 10.8. The predicted molar refractivity (Wildman–Crippen MR) is 72.4 cm³/mol. The second-order valence-corrected chi connectivity index (χ2v) is 4.46. The molecule has 0 saturated carbocycles. The monoisotopic (exact) mass is 242 g/mol. The highest BCUT2D eigenvalue weighted by atomic mass is 16.5. The Morgan fingerprint density at radius 1 is 1.22 bits per heavy atom. The average molecular weight is 242 g/mol. The zero-order valence-electron chi connectivity index (χ0n) is 10.8. The standard InChI is InChI=1S/C15H18N2O/c1-11-9-14(12(2)16)3-4-15(11)18-10-13-5-7-17-8-6-13/h3-9,12H,10,16H2,1-2H3/t12-/m1/s1. The van der Waals surface area contributed by atoms with Gasteiger partial charge in [0.25, 0.3) is 0 Å². The Labute approximate surface area is 108 Å². The van der Waals surface area contributed by atoms with E-state index in [9.17, 15) is 0 Å². The highest BCUT2D eigenvalue weighted by Crippen LogP contribution is 2.22. The molecule has 0 unspecified atom stereocenters. The fourth-order valence-electron chi connectivity index (χ4n) is 1.76. The molecule has 0 saturated heterocycles. The van der Waals surface area contributed by atoms with Crippen molar-refractivity contribution in [3.05, 3.63) is 59.4 Å². The van der Waals surface area contributed by atoms with E-state index in [2.05, 4.69) is 11.1 Å². The molecule has 1 atom stereocenters. The van der Waals surface area contributed by atoms with Crippen LogP contribution in [-0.4, -0.2) is 4.98 Å². The Kier molecular flexibility index (Phi) is 3.95. The van der Waals surface area contributed by atoms with E-state index in [0.717, 1.165) is 22.4 Å². The lowest BCUT2D eigenvalue weighted by Crippen LogP contribution is -2.05. The average Bonchev–Trinajstić information content (AvgIpc) is 2.38. The minimum atomic E-state index is 0.0537. The lowest BCUT2D eigenvalue weighted by atomic mass is 10.1. The summed E-state index contributed by atoms with van der Waals surface area (Å²) in [7, 11) is 0. The molecule has 0 spiro atoms. The molecule has 3 nitrogen and oxygen atoms in total. The Hall–Kier alpha value is -1.87. The van der Waals surface area contributed by atoms with E-state index in [4.69, 9.17) is 10.5 Å². The second kappa shape index (κ2) is 5.65. The first-order chi connectivity index (χ1) is 8.66. The van der Waals surface area contributed by atoms with Crippen LogP contribution in [-0.2, 0) is 6.61 Å². The van der Waals surface area contributed by atoms with Crippen LogP contribution in [0.15, 0.2) is 42.7 Å². The maximum absolute atomic E-state index is 5.85. The van der Waals surface area contributed by atoms with Gasteiger partial charge >= 0.3 is 0 Å². The quantitative estimate of drug-likeness (QED) is 0.896. The summed E-state index contributed by atoms with van der Waals surface area (Å²) < 4.78 is 5.79. The second-order valence-electron chi connectivity index (χ2n) is 4.46. The molecular weight excluding hydrogens is 224 g/mol. The van der Waals surface area contributed by atoms with Gasteiger partial charge in [0.2, 0.25) is 0 Å². The SMILES string of the molecule is Cc1cc([C@@H](C)N)ccc1OCc1ccncc1. The first-order valence-corrected chi connectivity index (χ1v) is 6.04. The van der Waals surface area contributed by atoms with E-state index in [1.165, 1.54) is 0 Å². The first-order valence-electron chi connectivity index (χ1n) is 6.04. The van der Waals surface area contributed by atoms with Crippen LogP contribution in [0.5, 0.6) is 5.75 Å². The summed E-state index contributed by atoms with van der Waals surface area (Å²) in [5.74, 6) is 0.899. The molecule has 1 heterocycles. The molecule has 0 aliphatic heterocycles. The Morgan fingerprint density at radius 3 is 2.56 bits per heavy atom. The van der Waals surface area contributed by atoms with Crippen molar-refractivity contribution in [3.63, 3.8) is 0 Å². The summed E-state index contributed by atoms with van der Waals surface area (Å²) in [4.78, 5) is 3.98. The molecule has 0 aliphatic rings. The minimum Gasteiger partial charge on any atom is -0.489 e.